The first-order valence-electron chi connectivity index (χ1n) is 14.7. The van der Waals surface area contributed by atoms with Gasteiger partial charge in [-0.3, -0.25) is 4.90 Å². The number of aliphatic hydroxyl groups is 4. The summed E-state index contributed by atoms with van der Waals surface area (Å²) in [5, 5.41) is 55.5. The maximum atomic E-state index is 13.3. The number of aliphatic hydroxyl groups excluding tert-OH is 4. The number of allylic oxidation sites excluding steroid dienone is 2. The van der Waals surface area contributed by atoms with E-state index in [2.05, 4.69) is 27.1 Å². The van der Waals surface area contributed by atoms with Crippen molar-refractivity contribution in [3.05, 3.63) is 59.1 Å². The molecule has 2 aliphatic rings. The molecule has 2 aromatic carbocycles. The van der Waals surface area contributed by atoms with Crippen LogP contribution in [0.2, 0.25) is 0 Å². The number of hydrogen-bond acceptors (Lipinski definition) is 11. The Labute approximate surface area is 262 Å². The number of nitriles is 1. The van der Waals surface area contributed by atoms with E-state index in [4.69, 9.17) is 9.47 Å². The average Bonchev–Trinajstić information content (AvgIpc) is 3.42. The molecule has 14 heteroatoms. The maximum Gasteiger partial charge on any atom is 0.251 e. The van der Waals surface area contributed by atoms with Crippen molar-refractivity contribution in [2.75, 3.05) is 51.3 Å². The molecule has 0 spiro atoms. The lowest BCUT2D eigenvalue weighted by Gasteiger charge is -2.40. The molecule has 0 radical (unpaired) electrons. The third-order valence-corrected chi connectivity index (χ3v) is 9.92. The number of rotatable bonds is 10. The van der Waals surface area contributed by atoms with Gasteiger partial charge in [-0.1, -0.05) is 18.2 Å². The SMILES string of the molecule is C/C(=C(/C#N)S(=O)(=O)N[C@H]1C(O)O[C@H](CO)[C@@H](O)[C@@H]1O)c1ccc(-c2ccc3cc(NCCN4CCOCC4)ccc3c2)n1C. The fourth-order valence-electron chi connectivity index (χ4n) is 5.80. The number of aromatic nitrogens is 1. The Bertz CT molecular complexity index is 1700. The van der Waals surface area contributed by atoms with Gasteiger partial charge in [-0.15, -0.1) is 0 Å². The highest BCUT2D eigenvalue weighted by atomic mass is 32.2. The molecule has 0 saturated carbocycles. The second-order valence-corrected chi connectivity index (χ2v) is 12.9. The minimum absolute atomic E-state index is 0.141. The van der Waals surface area contributed by atoms with Crippen LogP contribution >= 0.6 is 0 Å². The summed E-state index contributed by atoms with van der Waals surface area (Å²) in [5.41, 5.74) is 3.34. The highest BCUT2D eigenvalue weighted by Crippen LogP contribution is 2.31. The summed E-state index contributed by atoms with van der Waals surface area (Å²) < 4.78 is 40.9. The van der Waals surface area contributed by atoms with Crippen molar-refractivity contribution < 1.29 is 38.3 Å². The maximum absolute atomic E-state index is 13.3. The average molecular weight is 642 g/mol. The first-order chi connectivity index (χ1) is 21.5. The molecular formula is C31H39N5O8S. The molecule has 1 aromatic heterocycles. The van der Waals surface area contributed by atoms with Gasteiger partial charge in [0, 0.05) is 55.9 Å². The summed E-state index contributed by atoms with van der Waals surface area (Å²) in [5.74, 6) is 0. The molecule has 242 valence electrons. The van der Waals surface area contributed by atoms with E-state index in [1.54, 1.807) is 23.8 Å². The van der Waals surface area contributed by atoms with Gasteiger partial charge >= 0.3 is 0 Å². The fourth-order valence-corrected chi connectivity index (χ4v) is 7.16. The van der Waals surface area contributed by atoms with Crippen LogP contribution in [0.4, 0.5) is 5.69 Å². The Morgan fingerprint density at radius 2 is 1.76 bits per heavy atom. The summed E-state index contributed by atoms with van der Waals surface area (Å²) in [6, 6.07) is 15.9. The highest BCUT2D eigenvalue weighted by Gasteiger charge is 2.45. The van der Waals surface area contributed by atoms with Gasteiger partial charge in [0.15, 0.2) is 11.2 Å². The lowest BCUT2D eigenvalue weighted by Crippen LogP contribution is -2.64. The monoisotopic (exact) mass is 641 g/mol. The van der Waals surface area contributed by atoms with Crippen LogP contribution in [0.3, 0.4) is 0 Å². The molecule has 2 aliphatic heterocycles. The number of morpholine rings is 1. The van der Waals surface area contributed by atoms with Crippen molar-refractivity contribution in [2.45, 2.75) is 37.6 Å². The number of ether oxygens (including phenoxy) is 2. The van der Waals surface area contributed by atoms with Gasteiger partial charge in [-0.05, 0) is 53.6 Å². The number of sulfonamides is 1. The molecule has 45 heavy (non-hydrogen) atoms. The second kappa shape index (κ2) is 14.0. The predicted octanol–water partition coefficient (Wildman–Crippen LogP) is 0.563. The molecule has 3 aromatic rings. The van der Waals surface area contributed by atoms with Gasteiger partial charge in [0.2, 0.25) is 0 Å². The minimum atomic E-state index is -4.58. The predicted molar refractivity (Wildman–Crippen MR) is 168 cm³/mol. The van der Waals surface area contributed by atoms with Crippen LogP contribution in [-0.2, 0) is 26.5 Å². The smallest absolute Gasteiger partial charge is 0.251 e. The quantitative estimate of drug-likeness (QED) is 0.170. The van der Waals surface area contributed by atoms with Crippen molar-refractivity contribution in [1.82, 2.24) is 14.2 Å². The number of nitrogens with one attached hydrogen (secondary N) is 2. The fraction of sp³-hybridized carbons (Fsp3) is 0.452. The highest BCUT2D eigenvalue weighted by molar-refractivity contribution is 7.93. The van der Waals surface area contributed by atoms with E-state index in [1.807, 2.05) is 30.3 Å². The summed E-state index contributed by atoms with van der Waals surface area (Å²) >= 11 is 0. The normalized spacial score (nSPS) is 25.1. The zero-order chi connectivity index (χ0) is 32.3. The molecule has 5 atom stereocenters. The van der Waals surface area contributed by atoms with Crippen LogP contribution in [0.5, 0.6) is 0 Å². The van der Waals surface area contributed by atoms with E-state index in [1.165, 1.54) is 6.92 Å². The van der Waals surface area contributed by atoms with Crippen LogP contribution in [0, 0.1) is 11.3 Å². The summed E-state index contributed by atoms with van der Waals surface area (Å²) in [7, 11) is -2.82. The summed E-state index contributed by atoms with van der Waals surface area (Å²) in [6.45, 7) is 6.02. The number of nitrogens with zero attached hydrogens (tertiary/aromatic N) is 3. The van der Waals surface area contributed by atoms with Crippen molar-refractivity contribution in [3.63, 3.8) is 0 Å². The number of fused-ring (bicyclic) bond motifs is 1. The third kappa shape index (κ3) is 7.07. The van der Waals surface area contributed by atoms with Crippen LogP contribution in [0.15, 0.2) is 53.4 Å². The van der Waals surface area contributed by atoms with E-state index in [0.29, 0.717) is 5.69 Å². The molecule has 0 aliphatic carbocycles. The first kappa shape index (κ1) is 33.0. The lowest BCUT2D eigenvalue weighted by molar-refractivity contribution is -0.251. The van der Waals surface area contributed by atoms with Gasteiger partial charge in [0.05, 0.1) is 19.8 Å². The Kier molecular flexibility index (Phi) is 10.2. The third-order valence-electron chi connectivity index (χ3n) is 8.41. The van der Waals surface area contributed by atoms with E-state index in [9.17, 15) is 34.1 Å². The zero-order valence-electron chi connectivity index (χ0n) is 25.1. The number of hydrogen-bond donors (Lipinski definition) is 6. The van der Waals surface area contributed by atoms with Crippen LogP contribution in [-0.4, -0.2) is 115 Å². The zero-order valence-corrected chi connectivity index (χ0v) is 25.9. The van der Waals surface area contributed by atoms with E-state index < -0.39 is 52.2 Å². The van der Waals surface area contributed by atoms with Crippen molar-refractivity contribution >= 4 is 32.1 Å². The van der Waals surface area contributed by atoms with Gasteiger partial charge in [0.25, 0.3) is 10.0 Å². The van der Waals surface area contributed by atoms with E-state index in [-0.39, 0.29) is 5.57 Å². The van der Waals surface area contributed by atoms with Gasteiger partial charge in [-0.25, -0.2) is 8.42 Å². The first-order valence-corrected chi connectivity index (χ1v) is 16.2. The minimum Gasteiger partial charge on any atom is -0.394 e. The Morgan fingerprint density at radius 3 is 2.47 bits per heavy atom. The van der Waals surface area contributed by atoms with Gasteiger partial charge in [0.1, 0.15) is 30.4 Å². The molecule has 3 heterocycles. The van der Waals surface area contributed by atoms with Crippen LogP contribution in [0.25, 0.3) is 27.6 Å². The van der Waals surface area contributed by atoms with Gasteiger partial charge in [-0.2, -0.15) is 9.98 Å². The Balaban J connectivity index is 1.33. The van der Waals surface area contributed by atoms with E-state index >= 15 is 0 Å². The standard InChI is InChI=1S/C31H39N5O8S/c1-19(27(17-32)45(41,42)34-28-30(39)29(38)26(18-37)44-31(28)40)24-7-8-25(35(24)2)22-4-3-21-16-23(6-5-20(21)15-22)33-9-10-36-11-13-43-14-12-36/h3-8,15-16,26,28-31,33-34,37-40H,9-14,18H2,1-2H3/b27-19+/t26-,28-,29-,30-,31?/m1/s1. The van der Waals surface area contributed by atoms with Crippen LogP contribution < -0.4 is 10.0 Å². The topological polar surface area (TPSA) is 190 Å². The number of benzene rings is 2. The summed E-state index contributed by atoms with van der Waals surface area (Å²) in [6.07, 6.45) is -6.63. The molecule has 13 nitrogen and oxygen atoms in total. The molecule has 2 saturated heterocycles. The number of anilines is 1. The van der Waals surface area contributed by atoms with Crippen molar-refractivity contribution in [1.29, 1.82) is 5.26 Å². The Hall–Kier alpha value is -3.36. The molecule has 2 fully saturated rings. The van der Waals surface area contributed by atoms with E-state index in [0.717, 1.165) is 67.1 Å². The molecule has 1 unspecified atom stereocenters. The summed E-state index contributed by atoms with van der Waals surface area (Å²) in [4.78, 5) is 1.75. The molecule has 0 bridgehead atoms. The molecule has 5 rings (SSSR count). The molecule has 6 N–H and O–H groups in total. The van der Waals surface area contributed by atoms with Gasteiger partial charge < -0.3 is 39.8 Å². The van der Waals surface area contributed by atoms with Crippen LogP contribution in [0.1, 0.15) is 12.6 Å². The van der Waals surface area contributed by atoms with Crippen molar-refractivity contribution in [3.8, 4) is 17.3 Å². The second-order valence-electron chi connectivity index (χ2n) is 11.3. The molecule has 0 amide bonds. The Morgan fingerprint density at radius 1 is 1.04 bits per heavy atom. The molecular weight excluding hydrogens is 602 g/mol. The largest absolute Gasteiger partial charge is 0.394 e. The van der Waals surface area contributed by atoms with Crippen molar-refractivity contribution in [2.24, 2.45) is 7.05 Å². The lowest BCUT2D eigenvalue weighted by atomic mass is 9.98.